The van der Waals surface area contributed by atoms with Crippen LogP contribution in [0.2, 0.25) is 0 Å². The topological polar surface area (TPSA) is 71.1 Å². The molecule has 0 bridgehead atoms. The Labute approximate surface area is 187 Å². The van der Waals surface area contributed by atoms with Crippen LogP contribution in [0.25, 0.3) is 10.2 Å². The van der Waals surface area contributed by atoms with Crippen molar-refractivity contribution in [3.63, 3.8) is 0 Å². The van der Waals surface area contributed by atoms with Crippen LogP contribution in [-0.2, 0) is 9.59 Å². The van der Waals surface area contributed by atoms with E-state index in [-0.39, 0.29) is 30.2 Å². The fraction of sp³-hybridized carbons (Fsp3) is 0.261. The van der Waals surface area contributed by atoms with Gasteiger partial charge in [0.15, 0.2) is 0 Å². The van der Waals surface area contributed by atoms with Crippen LogP contribution in [-0.4, -0.2) is 23.3 Å². The molecule has 30 heavy (non-hydrogen) atoms. The van der Waals surface area contributed by atoms with Crippen LogP contribution < -0.4 is 10.6 Å². The van der Waals surface area contributed by atoms with Gasteiger partial charge in [0.25, 0.3) is 0 Å². The predicted molar refractivity (Wildman–Crippen MR) is 125 cm³/mol. The molecule has 2 unspecified atom stereocenters. The molecule has 154 valence electrons. The summed E-state index contributed by atoms with van der Waals surface area (Å²) in [6.07, 6.45) is 5.59. The number of carbonyl (C=O) groups is 2. The number of aryl methyl sites for hydroxylation is 1. The summed E-state index contributed by atoms with van der Waals surface area (Å²) in [6, 6.07) is 13.7. The minimum atomic E-state index is -0.239. The molecule has 0 saturated carbocycles. The summed E-state index contributed by atoms with van der Waals surface area (Å²) >= 11 is 5.06. The van der Waals surface area contributed by atoms with E-state index in [1.807, 2.05) is 49.4 Å². The monoisotopic (exact) mass is 483 g/mol. The number of anilines is 1. The Balaban J connectivity index is 1.41. The van der Waals surface area contributed by atoms with Crippen molar-refractivity contribution in [1.29, 1.82) is 0 Å². The Morgan fingerprint density at radius 1 is 1.17 bits per heavy atom. The Kier molecular flexibility index (Phi) is 6.29. The van der Waals surface area contributed by atoms with Crippen LogP contribution >= 0.6 is 27.3 Å². The highest BCUT2D eigenvalue weighted by molar-refractivity contribution is 9.10. The van der Waals surface area contributed by atoms with E-state index in [1.165, 1.54) is 0 Å². The number of halogens is 1. The van der Waals surface area contributed by atoms with Crippen molar-refractivity contribution in [3.8, 4) is 0 Å². The molecule has 2 N–H and O–H groups in total. The van der Waals surface area contributed by atoms with Gasteiger partial charge in [0.05, 0.1) is 27.7 Å². The summed E-state index contributed by atoms with van der Waals surface area (Å²) in [5, 5.41) is 6.66. The number of aromatic nitrogens is 1. The maximum Gasteiger partial charge on any atom is 0.243 e. The van der Waals surface area contributed by atoms with E-state index in [9.17, 15) is 9.59 Å². The molecule has 1 heterocycles. The van der Waals surface area contributed by atoms with Gasteiger partial charge in [-0.05, 0) is 55.7 Å². The summed E-state index contributed by atoms with van der Waals surface area (Å²) in [5.41, 5.74) is 2.67. The van der Waals surface area contributed by atoms with Crippen LogP contribution in [0.1, 0.15) is 29.3 Å². The maximum absolute atomic E-state index is 12.9. The van der Waals surface area contributed by atoms with Crippen molar-refractivity contribution in [2.75, 3.05) is 11.9 Å². The molecule has 0 radical (unpaired) electrons. The zero-order valence-corrected chi connectivity index (χ0v) is 18.9. The smallest absolute Gasteiger partial charge is 0.243 e. The zero-order chi connectivity index (χ0) is 21.1. The summed E-state index contributed by atoms with van der Waals surface area (Å²) in [6.45, 7) is 1.87. The van der Waals surface area contributed by atoms with Gasteiger partial charge in [-0.15, -0.1) is 11.3 Å². The Morgan fingerprint density at radius 2 is 1.97 bits per heavy atom. The first kappa shape index (κ1) is 20.8. The Morgan fingerprint density at radius 3 is 2.77 bits per heavy atom. The molecule has 2 aromatic carbocycles. The number of thiazole rings is 1. The molecule has 2 atom stereocenters. The molecule has 2 amide bonds. The predicted octanol–water partition coefficient (Wildman–Crippen LogP) is 5.17. The second-order valence-electron chi connectivity index (χ2n) is 7.40. The van der Waals surface area contributed by atoms with E-state index in [0.717, 1.165) is 37.4 Å². The second kappa shape index (κ2) is 9.10. The van der Waals surface area contributed by atoms with Gasteiger partial charge in [-0.1, -0.05) is 40.2 Å². The molecule has 0 aliphatic heterocycles. The van der Waals surface area contributed by atoms with Gasteiger partial charge in [-0.25, -0.2) is 4.98 Å². The first-order chi connectivity index (χ1) is 14.5. The lowest BCUT2D eigenvalue weighted by Gasteiger charge is -2.26. The molecule has 0 fully saturated rings. The largest absolute Gasteiger partial charge is 0.347 e. The molecule has 0 saturated heterocycles. The SMILES string of the molecule is Cc1cc(Br)ccc1NC(=O)CNC(=O)C1CC=CCC1c1nc2ccccc2s1. The fourth-order valence-corrected chi connectivity index (χ4v) is 5.31. The molecular formula is C23H22BrN3O2S. The van der Waals surface area contributed by atoms with Gasteiger partial charge in [0.2, 0.25) is 11.8 Å². The summed E-state index contributed by atoms with van der Waals surface area (Å²) in [4.78, 5) is 30.0. The lowest BCUT2D eigenvalue weighted by atomic mass is 9.82. The van der Waals surface area contributed by atoms with E-state index in [0.29, 0.717) is 6.42 Å². The molecule has 1 aromatic heterocycles. The zero-order valence-electron chi connectivity index (χ0n) is 16.5. The minimum Gasteiger partial charge on any atom is -0.347 e. The van der Waals surface area contributed by atoms with Gasteiger partial charge in [-0.3, -0.25) is 9.59 Å². The lowest BCUT2D eigenvalue weighted by Crippen LogP contribution is -2.39. The number of para-hydroxylation sites is 1. The number of benzene rings is 2. The van der Waals surface area contributed by atoms with E-state index in [2.05, 4.69) is 38.7 Å². The Hall–Kier alpha value is -2.51. The van der Waals surface area contributed by atoms with E-state index in [1.54, 1.807) is 11.3 Å². The minimum absolute atomic E-state index is 0.0316. The van der Waals surface area contributed by atoms with Crippen LogP contribution in [0.15, 0.2) is 59.1 Å². The van der Waals surface area contributed by atoms with Crippen molar-refractivity contribution < 1.29 is 9.59 Å². The number of amides is 2. The first-order valence-corrected chi connectivity index (χ1v) is 11.5. The van der Waals surface area contributed by atoms with Gasteiger partial charge < -0.3 is 10.6 Å². The van der Waals surface area contributed by atoms with E-state index >= 15 is 0 Å². The third kappa shape index (κ3) is 4.63. The number of allylic oxidation sites excluding steroid dienone is 2. The highest BCUT2D eigenvalue weighted by atomic mass is 79.9. The molecule has 1 aliphatic rings. The van der Waals surface area contributed by atoms with Gasteiger partial charge in [0, 0.05) is 16.1 Å². The summed E-state index contributed by atoms with van der Waals surface area (Å²) in [5.74, 6) is -0.537. The average molecular weight is 484 g/mol. The number of hydrogen-bond donors (Lipinski definition) is 2. The van der Waals surface area contributed by atoms with Gasteiger partial charge in [-0.2, -0.15) is 0 Å². The molecule has 4 rings (SSSR count). The maximum atomic E-state index is 12.9. The standard InChI is InChI=1S/C23H22BrN3O2S/c1-14-12-15(24)10-11-18(14)26-21(28)13-25-22(29)16-6-2-3-7-17(16)23-27-19-8-4-5-9-20(19)30-23/h2-5,8-12,16-17H,6-7,13H2,1H3,(H,25,29)(H,26,28). The van der Waals surface area contributed by atoms with Crippen LogP contribution in [0.4, 0.5) is 5.69 Å². The molecule has 0 spiro atoms. The molecule has 3 aromatic rings. The van der Waals surface area contributed by atoms with Crippen molar-refractivity contribution in [2.24, 2.45) is 5.92 Å². The highest BCUT2D eigenvalue weighted by Crippen LogP contribution is 2.38. The average Bonchev–Trinajstić information content (AvgIpc) is 3.18. The lowest BCUT2D eigenvalue weighted by molar-refractivity contribution is -0.127. The number of rotatable bonds is 5. The number of carbonyl (C=O) groups excluding carboxylic acids is 2. The van der Waals surface area contributed by atoms with E-state index < -0.39 is 0 Å². The summed E-state index contributed by atoms with van der Waals surface area (Å²) < 4.78 is 2.09. The second-order valence-corrected chi connectivity index (χ2v) is 9.38. The van der Waals surface area contributed by atoms with Gasteiger partial charge in [0.1, 0.15) is 0 Å². The van der Waals surface area contributed by atoms with Gasteiger partial charge >= 0.3 is 0 Å². The number of nitrogens with one attached hydrogen (secondary N) is 2. The van der Waals surface area contributed by atoms with Crippen LogP contribution in [0.5, 0.6) is 0 Å². The third-order valence-corrected chi connectivity index (χ3v) is 6.94. The fourth-order valence-electron chi connectivity index (χ4n) is 3.69. The van der Waals surface area contributed by atoms with E-state index in [4.69, 9.17) is 4.98 Å². The number of nitrogens with zero attached hydrogens (tertiary/aromatic N) is 1. The number of fused-ring (bicyclic) bond motifs is 1. The van der Waals surface area contributed by atoms with Crippen LogP contribution in [0.3, 0.4) is 0 Å². The Bertz CT molecular complexity index is 1090. The number of hydrogen-bond acceptors (Lipinski definition) is 4. The highest BCUT2D eigenvalue weighted by Gasteiger charge is 2.32. The van der Waals surface area contributed by atoms with Crippen molar-refractivity contribution in [2.45, 2.75) is 25.7 Å². The first-order valence-electron chi connectivity index (χ1n) is 9.85. The van der Waals surface area contributed by atoms with Crippen LogP contribution in [0, 0.1) is 12.8 Å². The molecule has 5 nitrogen and oxygen atoms in total. The molecular weight excluding hydrogens is 462 g/mol. The van der Waals surface area contributed by atoms with Crippen molar-refractivity contribution >= 4 is 55.0 Å². The normalized spacial score (nSPS) is 18.3. The quantitative estimate of drug-likeness (QED) is 0.491. The van der Waals surface area contributed by atoms with Crippen molar-refractivity contribution in [3.05, 3.63) is 69.7 Å². The summed E-state index contributed by atoms with van der Waals surface area (Å²) in [7, 11) is 0. The van der Waals surface area contributed by atoms with Crippen molar-refractivity contribution in [1.82, 2.24) is 10.3 Å². The molecule has 7 heteroatoms. The third-order valence-electron chi connectivity index (χ3n) is 5.28. The molecule has 1 aliphatic carbocycles.